The van der Waals surface area contributed by atoms with Gasteiger partial charge in [0.05, 0.1) is 10.6 Å². The van der Waals surface area contributed by atoms with Crippen LogP contribution in [0.15, 0.2) is 77.7 Å². The van der Waals surface area contributed by atoms with Crippen molar-refractivity contribution in [3.63, 3.8) is 0 Å². The number of carbonyl (C=O) groups is 2. The zero-order valence-corrected chi connectivity index (χ0v) is 24.0. The summed E-state index contributed by atoms with van der Waals surface area (Å²) in [5.74, 6) is -0.903. The molecule has 1 atom stereocenters. The molecular formula is C28H31Cl2N3O4S. The van der Waals surface area contributed by atoms with Crippen molar-refractivity contribution in [2.45, 2.75) is 51.2 Å². The van der Waals surface area contributed by atoms with E-state index in [-0.39, 0.29) is 29.1 Å². The Morgan fingerprint density at radius 1 is 0.895 bits per heavy atom. The number of aryl methyl sites for hydroxylation is 1. The number of carbonyl (C=O) groups excluding carboxylic acids is 2. The number of sulfonamides is 1. The number of rotatable bonds is 10. The standard InChI is InChI=1S/C28H31Cl2N3O4S/c1-19(2)31-28(35)21(4)32(17-22-10-12-23(29)13-11-22)27(34)18-33(25-7-5-6-24(30)16-25)38(36,37)26-14-8-20(3)9-15-26/h5-16,19,21H,17-18H2,1-4H3,(H,31,35). The van der Waals surface area contributed by atoms with Gasteiger partial charge in [0.25, 0.3) is 10.0 Å². The molecule has 0 saturated heterocycles. The van der Waals surface area contributed by atoms with E-state index in [1.54, 1.807) is 61.5 Å². The number of nitrogens with zero attached hydrogens (tertiary/aromatic N) is 2. The molecule has 0 fully saturated rings. The van der Waals surface area contributed by atoms with Crippen molar-refractivity contribution in [3.8, 4) is 0 Å². The molecule has 0 aliphatic rings. The maximum atomic E-state index is 13.8. The molecule has 0 bridgehead atoms. The molecule has 10 heteroatoms. The Morgan fingerprint density at radius 3 is 2.11 bits per heavy atom. The fourth-order valence-electron chi connectivity index (χ4n) is 3.77. The molecule has 3 aromatic carbocycles. The van der Waals surface area contributed by atoms with Crippen LogP contribution in [-0.4, -0.2) is 43.8 Å². The van der Waals surface area contributed by atoms with Gasteiger partial charge in [-0.1, -0.05) is 59.1 Å². The third kappa shape index (κ3) is 7.49. The fraction of sp³-hybridized carbons (Fsp3) is 0.286. The predicted octanol–water partition coefficient (Wildman–Crippen LogP) is 5.44. The van der Waals surface area contributed by atoms with E-state index in [1.165, 1.54) is 23.1 Å². The minimum absolute atomic E-state index is 0.0331. The third-order valence-electron chi connectivity index (χ3n) is 5.85. The molecule has 3 rings (SSSR count). The number of hydrogen-bond acceptors (Lipinski definition) is 4. The van der Waals surface area contributed by atoms with Crippen LogP contribution in [0.3, 0.4) is 0 Å². The van der Waals surface area contributed by atoms with Crippen LogP contribution >= 0.6 is 23.2 Å². The molecule has 0 radical (unpaired) electrons. The van der Waals surface area contributed by atoms with Crippen molar-refractivity contribution in [2.75, 3.05) is 10.8 Å². The molecule has 3 aromatic rings. The molecular weight excluding hydrogens is 545 g/mol. The fourth-order valence-corrected chi connectivity index (χ4v) is 5.49. The molecule has 0 aliphatic carbocycles. The van der Waals surface area contributed by atoms with Crippen molar-refractivity contribution in [2.24, 2.45) is 0 Å². The SMILES string of the molecule is Cc1ccc(S(=O)(=O)N(CC(=O)N(Cc2ccc(Cl)cc2)C(C)C(=O)NC(C)C)c2cccc(Cl)c2)cc1. The zero-order valence-electron chi connectivity index (χ0n) is 21.7. The van der Waals surface area contributed by atoms with Crippen LogP contribution < -0.4 is 9.62 Å². The van der Waals surface area contributed by atoms with Crippen molar-refractivity contribution < 1.29 is 18.0 Å². The summed E-state index contributed by atoms with van der Waals surface area (Å²) >= 11 is 12.2. The van der Waals surface area contributed by atoms with E-state index in [0.29, 0.717) is 10.0 Å². The average molecular weight is 577 g/mol. The normalized spacial score (nSPS) is 12.2. The maximum Gasteiger partial charge on any atom is 0.264 e. The number of nitrogens with one attached hydrogen (secondary N) is 1. The van der Waals surface area contributed by atoms with E-state index in [4.69, 9.17) is 23.2 Å². The molecule has 0 aliphatic heterocycles. The van der Waals surface area contributed by atoms with Crippen molar-refractivity contribution in [1.29, 1.82) is 0 Å². The molecule has 0 spiro atoms. The topological polar surface area (TPSA) is 86.8 Å². The summed E-state index contributed by atoms with van der Waals surface area (Å²) in [4.78, 5) is 28.1. The predicted molar refractivity (Wildman–Crippen MR) is 152 cm³/mol. The number of anilines is 1. The van der Waals surface area contributed by atoms with Crippen LogP contribution in [-0.2, 0) is 26.2 Å². The Bertz CT molecular complexity index is 1380. The van der Waals surface area contributed by atoms with E-state index in [9.17, 15) is 18.0 Å². The molecule has 0 aromatic heterocycles. The van der Waals surface area contributed by atoms with Gasteiger partial charge >= 0.3 is 0 Å². The zero-order chi connectivity index (χ0) is 28.0. The van der Waals surface area contributed by atoms with Gasteiger partial charge in [-0.25, -0.2) is 8.42 Å². The molecule has 0 heterocycles. The van der Waals surface area contributed by atoms with Crippen LogP contribution in [0.1, 0.15) is 31.9 Å². The summed E-state index contributed by atoms with van der Waals surface area (Å²) in [6.45, 7) is 6.66. The highest BCUT2D eigenvalue weighted by Gasteiger charge is 2.32. The molecule has 38 heavy (non-hydrogen) atoms. The molecule has 2 amide bonds. The average Bonchev–Trinajstić information content (AvgIpc) is 2.86. The van der Waals surface area contributed by atoms with E-state index in [0.717, 1.165) is 15.4 Å². The highest BCUT2D eigenvalue weighted by Crippen LogP contribution is 2.27. The summed E-state index contributed by atoms with van der Waals surface area (Å²) in [6.07, 6.45) is 0. The van der Waals surface area contributed by atoms with E-state index in [1.807, 2.05) is 20.8 Å². The van der Waals surface area contributed by atoms with Gasteiger partial charge in [-0.05, 0) is 75.7 Å². The summed E-state index contributed by atoms with van der Waals surface area (Å²) in [5, 5.41) is 3.68. The number of amides is 2. The van der Waals surface area contributed by atoms with Crippen LogP contribution in [0.2, 0.25) is 10.0 Å². The first kappa shape index (κ1) is 29.5. The Morgan fingerprint density at radius 2 is 1.53 bits per heavy atom. The highest BCUT2D eigenvalue weighted by molar-refractivity contribution is 7.92. The van der Waals surface area contributed by atoms with Gasteiger partial charge in [-0.15, -0.1) is 0 Å². The van der Waals surface area contributed by atoms with Crippen LogP contribution in [0.25, 0.3) is 0 Å². The molecule has 1 N–H and O–H groups in total. The van der Waals surface area contributed by atoms with E-state index < -0.39 is 28.5 Å². The lowest BCUT2D eigenvalue weighted by molar-refractivity contribution is -0.139. The van der Waals surface area contributed by atoms with Crippen molar-refractivity contribution in [3.05, 3.63) is 94.0 Å². The quantitative estimate of drug-likeness (QED) is 0.348. The Hall–Kier alpha value is -3.07. The van der Waals surface area contributed by atoms with Crippen LogP contribution in [0.5, 0.6) is 0 Å². The first-order valence-corrected chi connectivity index (χ1v) is 14.3. The lowest BCUT2D eigenvalue weighted by atomic mass is 10.1. The smallest absolute Gasteiger partial charge is 0.264 e. The summed E-state index contributed by atoms with van der Waals surface area (Å²) < 4.78 is 28.6. The minimum atomic E-state index is -4.15. The van der Waals surface area contributed by atoms with Gasteiger partial charge in [0.15, 0.2) is 0 Å². The molecule has 1 unspecified atom stereocenters. The lowest BCUT2D eigenvalue weighted by Gasteiger charge is -2.32. The number of hydrogen-bond donors (Lipinski definition) is 1. The summed E-state index contributed by atoms with van der Waals surface area (Å²) in [5.41, 5.74) is 1.87. The van der Waals surface area contributed by atoms with Gasteiger partial charge in [-0.2, -0.15) is 0 Å². The first-order valence-electron chi connectivity index (χ1n) is 12.1. The Labute approximate surface area is 234 Å². The second-order valence-corrected chi connectivity index (χ2v) is 12.0. The van der Waals surface area contributed by atoms with Crippen molar-refractivity contribution in [1.82, 2.24) is 10.2 Å². The molecule has 0 saturated carbocycles. The monoisotopic (exact) mass is 575 g/mol. The Kier molecular flexibility index (Phi) is 9.82. The van der Waals surface area contributed by atoms with E-state index >= 15 is 0 Å². The third-order valence-corrected chi connectivity index (χ3v) is 8.12. The minimum Gasteiger partial charge on any atom is -0.352 e. The second kappa shape index (κ2) is 12.7. The first-order chi connectivity index (χ1) is 17.9. The second-order valence-electron chi connectivity index (χ2n) is 9.29. The van der Waals surface area contributed by atoms with Gasteiger partial charge in [-0.3, -0.25) is 13.9 Å². The maximum absolute atomic E-state index is 13.8. The van der Waals surface area contributed by atoms with Gasteiger partial charge in [0.2, 0.25) is 11.8 Å². The van der Waals surface area contributed by atoms with E-state index in [2.05, 4.69) is 5.32 Å². The molecule has 7 nitrogen and oxygen atoms in total. The summed E-state index contributed by atoms with van der Waals surface area (Å²) in [7, 11) is -4.15. The Balaban J connectivity index is 2.03. The van der Waals surface area contributed by atoms with Gasteiger partial charge in [0, 0.05) is 22.6 Å². The van der Waals surface area contributed by atoms with Gasteiger partial charge in [0.1, 0.15) is 12.6 Å². The summed E-state index contributed by atoms with van der Waals surface area (Å²) in [6, 6.07) is 18.6. The number of benzene rings is 3. The van der Waals surface area contributed by atoms with Gasteiger partial charge < -0.3 is 10.2 Å². The largest absolute Gasteiger partial charge is 0.352 e. The molecule has 202 valence electrons. The number of halogens is 2. The van der Waals surface area contributed by atoms with Crippen molar-refractivity contribution >= 4 is 50.7 Å². The van der Waals surface area contributed by atoms with Crippen LogP contribution in [0.4, 0.5) is 5.69 Å². The highest BCUT2D eigenvalue weighted by atomic mass is 35.5. The lowest BCUT2D eigenvalue weighted by Crippen LogP contribution is -2.52. The van der Waals surface area contributed by atoms with Crippen LogP contribution in [0, 0.1) is 6.92 Å².